The highest BCUT2D eigenvalue weighted by Crippen LogP contribution is 2.37. The van der Waals surface area contributed by atoms with Crippen molar-refractivity contribution >= 4 is 17.0 Å². The van der Waals surface area contributed by atoms with Crippen LogP contribution in [0.25, 0.3) is 11.0 Å². The topological polar surface area (TPSA) is 55.1 Å². The van der Waals surface area contributed by atoms with Gasteiger partial charge in [-0.3, -0.25) is 0 Å². The minimum Gasteiger partial charge on any atom is -0.478 e. The SMILES string of the molecule is CC(C1CCC1)n1cnc2cc(C(=O)O)ccc21. The summed E-state index contributed by atoms with van der Waals surface area (Å²) in [7, 11) is 0. The summed E-state index contributed by atoms with van der Waals surface area (Å²) in [5.41, 5.74) is 2.09. The zero-order valence-corrected chi connectivity index (χ0v) is 10.3. The number of rotatable bonds is 3. The number of hydrogen-bond acceptors (Lipinski definition) is 2. The summed E-state index contributed by atoms with van der Waals surface area (Å²) in [6.07, 6.45) is 5.73. The van der Waals surface area contributed by atoms with Crippen LogP contribution in [0.5, 0.6) is 0 Å². The minimum absolute atomic E-state index is 0.295. The molecule has 1 heterocycles. The fraction of sp³-hybridized carbons (Fsp3) is 0.429. The number of benzene rings is 1. The van der Waals surface area contributed by atoms with E-state index in [1.807, 2.05) is 12.4 Å². The third-order valence-electron chi connectivity index (χ3n) is 4.09. The Morgan fingerprint density at radius 2 is 2.28 bits per heavy atom. The second-order valence-electron chi connectivity index (χ2n) is 5.09. The summed E-state index contributed by atoms with van der Waals surface area (Å²) >= 11 is 0. The minimum atomic E-state index is -0.904. The standard InChI is InChI=1S/C14H16N2O2/c1-9(10-3-2-4-10)16-8-15-12-7-11(14(17)18)5-6-13(12)16/h5-10H,2-4H2,1H3,(H,17,18). The van der Waals surface area contributed by atoms with Crippen LogP contribution < -0.4 is 0 Å². The van der Waals surface area contributed by atoms with Gasteiger partial charge in [0.05, 0.1) is 22.9 Å². The molecule has 1 unspecified atom stereocenters. The number of carboxylic acid groups (broad SMARTS) is 1. The van der Waals surface area contributed by atoms with Gasteiger partial charge in [0.25, 0.3) is 0 Å². The molecule has 1 atom stereocenters. The van der Waals surface area contributed by atoms with Crippen molar-refractivity contribution < 1.29 is 9.90 Å². The Kier molecular flexibility index (Phi) is 2.58. The van der Waals surface area contributed by atoms with E-state index in [4.69, 9.17) is 5.11 Å². The largest absolute Gasteiger partial charge is 0.478 e. The van der Waals surface area contributed by atoms with Crippen molar-refractivity contribution in [2.45, 2.75) is 32.2 Å². The fourth-order valence-corrected chi connectivity index (χ4v) is 2.64. The van der Waals surface area contributed by atoms with Crippen LogP contribution in [0, 0.1) is 5.92 Å². The Morgan fingerprint density at radius 3 is 2.89 bits per heavy atom. The van der Waals surface area contributed by atoms with E-state index in [2.05, 4.69) is 16.5 Å². The number of aromatic carboxylic acids is 1. The molecule has 0 bridgehead atoms. The van der Waals surface area contributed by atoms with Crippen LogP contribution >= 0.6 is 0 Å². The molecule has 1 aliphatic rings. The van der Waals surface area contributed by atoms with Crippen molar-refractivity contribution in [1.29, 1.82) is 0 Å². The Balaban J connectivity index is 2.01. The normalized spacial score (nSPS) is 17.6. The van der Waals surface area contributed by atoms with Gasteiger partial charge in [0.15, 0.2) is 0 Å². The molecule has 4 nitrogen and oxygen atoms in total. The number of hydrogen-bond donors (Lipinski definition) is 1. The number of carbonyl (C=O) groups is 1. The summed E-state index contributed by atoms with van der Waals surface area (Å²) in [5, 5.41) is 8.96. The van der Waals surface area contributed by atoms with Crippen molar-refractivity contribution in [3.63, 3.8) is 0 Å². The summed E-state index contributed by atoms with van der Waals surface area (Å²) in [4.78, 5) is 15.2. The lowest BCUT2D eigenvalue weighted by atomic mass is 9.80. The molecular formula is C14H16N2O2. The predicted molar refractivity (Wildman–Crippen MR) is 68.7 cm³/mol. The van der Waals surface area contributed by atoms with Gasteiger partial charge in [-0.25, -0.2) is 9.78 Å². The molecule has 1 aliphatic carbocycles. The fourth-order valence-electron chi connectivity index (χ4n) is 2.64. The molecule has 1 saturated carbocycles. The molecule has 0 aliphatic heterocycles. The highest BCUT2D eigenvalue weighted by atomic mass is 16.4. The zero-order valence-electron chi connectivity index (χ0n) is 10.3. The first-order valence-electron chi connectivity index (χ1n) is 6.36. The van der Waals surface area contributed by atoms with Gasteiger partial charge in [0.1, 0.15) is 0 Å². The molecule has 1 fully saturated rings. The summed E-state index contributed by atoms with van der Waals surface area (Å²) < 4.78 is 2.17. The van der Waals surface area contributed by atoms with Crippen molar-refractivity contribution in [1.82, 2.24) is 9.55 Å². The lowest BCUT2D eigenvalue weighted by molar-refractivity contribution is 0.0697. The quantitative estimate of drug-likeness (QED) is 0.902. The van der Waals surface area contributed by atoms with E-state index in [0.29, 0.717) is 11.6 Å². The van der Waals surface area contributed by atoms with Crippen LogP contribution in [0.4, 0.5) is 0 Å². The number of carboxylic acids is 1. The maximum absolute atomic E-state index is 10.9. The first-order chi connectivity index (χ1) is 8.66. The zero-order chi connectivity index (χ0) is 12.7. The van der Waals surface area contributed by atoms with Gasteiger partial charge in [0.2, 0.25) is 0 Å². The number of aromatic nitrogens is 2. The van der Waals surface area contributed by atoms with Crippen LogP contribution in [-0.4, -0.2) is 20.6 Å². The van der Waals surface area contributed by atoms with Gasteiger partial charge in [-0.05, 0) is 43.9 Å². The van der Waals surface area contributed by atoms with Gasteiger partial charge >= 0.3 is 5.97 Å². The third kappa shape index (κ3) is 1.68. The second kappa shape index (κ2) is 4.12. The molecule has 0 amide bonds. The molecular weight excluding hydrogens is 228 g/mol. The van der Waals surface area contributed by atoms with E-state index in [1.165, 1.54) is 19.3 Å². The van der Waals surface area contributed by atoms with E-state index in [0.717, 1.165) is 17.0 Å². The van der Waals surface area contributed by atoms with Crippen molar-refractivity contribution in [3.05, 3.63) is 30.1 Å². The molecule has 1 N–H and O–H groups in total. The lowest BCUT2D eigenvalue weighted by Crippen LogP contribution is -2.22. The van der Waals surface area contributed by atoms with Gasteiger partial charge in [-0.1, -0.05) is 6.42 Å². The Bertz CT molecular complexity index is 599. The summed E-state index contributed by atoms with van der Waals surface area (Å²) in [6.45, 7) is 2.22. The second-order valence-corrected chi connectivity index (χ2v) is 5.09. The molecule has 0 saturated heterocycles. The third-order valence-corrected chi connectivity index (χ3v) is 4.09. The highest BCUT2D eigenvalue weighted by Gasteiger charge is 2.25. The Hall–Kier alpha value is -1.84. The molecule has 0 radical (unpaired) electrons. The monoisotopic (exact) mass is 244 g/mol. The van der Waals surface area contributed by atoms with Gasteiger partial charge in [-0.15, -0.1) is 0 Å². The molecule has 1 aromatic heterocycles. The van der Waals surface area contributed by atoms with Crippen molar-refractivity contribution in [2.24, 2.45) is 5.92 Å². The van der Waals surface area contributed by atoms with Gasteiger partial charge < -0.3 is 9.67 Å². The maximum atomic E-state index is 10.9. The van der Waals surface area contributed by atoms with Gasteiger partial charge in [0, 0.05) is 6.04 Å². The molecule has 94 valence electrons. The van der Waals surface area contributed by atoms with Crippen LogP contribution in [0.3, 0.4) is 0 Å². The number of nitrogens with zero attached hydrogens (tertiary/aromatic N) is 2. The molecule has 4 heteroatoms. The average Bonchev–Trinajstić information content (AvgIpc) is 2.68. The van der Waals surface area contributed by atoms with Crippen molar-refractivity contribution in [2.75, 3.05) is 0 Å². The summed E-state index contributed by atoms with van der Waals surface area (Å²) in [6, 6.07) is 5.60. The predicted octanol–water partition coefficient (Wildman–Crippen LogP) is 3.10. The molecule has 0 spiro atoms. The molecule has 2 aromatic rings. The smallest absolute Gasteiger partial charge is 0.335 e. The lowest BCUT2D eigenvalue weighted by Gasteiger charge is -2.32. The van der Waals surface area contributed by atoms with Gasteiger partial charge in [-0.2, -0.15) is 0 Å². The first kappa shape index (κ1) is 11.3. The first-order valence-corrected chi connectivity index (χ1v) is 6.36. The van der Waals surface area contributed by atoms with E-state index in [1.54, 1.807) is 12.1 Å². The van der Waals surface area contributed by atoms with E-state index in [-0.39, 0.29) is 0 Å². The van der Waals surface area contributed by atoms with Crippen molar-refractivity contribution in [3.8, 4) is 0 Å². The van der Waals surface area contributed by atoms with E-state index >= 15 is 0 Å². The Labute approximate surface area is 105 Å². The molecule has 3 rings (SSSR count). The number of imidazole rings is 1. The van der Waals surface area contributed by atoms with Crippen LogP contribution in [0.2, 0.25) is 0 Å². The number of fused-ring (bicyclic) bond motifs is 1. The highest BCUT2D eigenvalue weighted by molar-refractivity contribution is 5.92. The van der Waals surface area contributed by atoms with Crippen LogP contribution in [0.1, 0.15) is 42.6 Å². The van der Waals surface area contributed by atoms with Crippen LogP contribution in [0.15, 0.2) is 24.5 Å². The molecule has 18 heavy (non-hydrogen) atoms. The van der Waals surface area contributed by atoms with E-state index < -0.39 is 5.97 Å². The van der Waals surface area contributed by atoms with Crippen LogP contribution in [-0.2, 0) is 0 Å². The average molecular weight is 244 g/mol. The molecule has 1 aromatic carbocycles. The maximum Gasteiger partial charge on any atom is 0.335 e. The van der Waals surface area contributed by atoms with E-state index in [9.17, 15) is 4.79 Å². The summed E-state index contributed by atoms with van der Waals surface area (Å²) in [5.74, 6) is -0.167. The Morgan fingerprint density at radius 1 is 1.50 bits per heavy atom.